The third kappa shape index (κ3) is 3.75. The van der Waals surface area contributed by atoms with Crippen molar-refractivity contribution in [1.29, 1.82) is 0 Å². The average molecular weight is 356 g/mol. The number of carbonyl (C=O) groups is 2. The van der Waals surface area contributed by atoms with Crippen molar-refractivity contribution in [1.82, 2.24) is 14.8 Å². The van der Waals surface area contributed by atoms with Crippen LogP contribution in [0.3, 0.4) is 0 Å². The van der Waals surface area contributed by atoms with Crippen molar-refractivity contribution in [3.8, 4) is 0 Å². The summed E-state index contributed by atoms with van der Waals surface area (Å²) in [6.07, 6.45) is 3.17. The number of carbonyl (C=O) groups excluding carboxylic acids is 2. The topological polar surface area (TPSA) is 82.4 Å². The van der Waals surface area contributed by atoms with E-state index in [1.807, 2.05) is 49.2 Å². The summed E-state index contributed by atoms with van der Waals surface area (Å²) in [6.45, 7) is 6.30. The first-order valence-electron chi connectivity index (χ1n) is 9.38. The minimum Gasteiger partial charge on any atom is -0.361 e. The summed E-state index contributed by atoms with van der Waals surface area (Å²) in [4.78, 5) is 32.0. The van der Waals surface area contributed by atoms with Crippen LogP contribution in [0.1, 0.15) is 25.8 Å². The first kappa shape index (κ1) is 18.5. The van der Waals surface area contributed by atoms with E-state index in [-0.39, 0.29) is 17.7 Å². The van der Waals surface area contributed by atoms with Crippen molar-refractivity contribution >= 4 is 22.7 Å². The number of H-pyrrole nitrogens is 1. The van der Waals surface area contributed by atoms with Gasteiger partial charge in [0.15, 0.2) is 0 Å². The van der Waals surface area contributed by atoms with E-state index in [0.717, 1.165) is 22.9 Å². The number of nitrogens with two attached hydrogens (primary N) is 1. The lowest BCUT2D eigenvalue weighted by Gasteiger charge is -2.36. The Kier molecular flexibility index (Phi) is 5.61. The second-order valence-corrected chi connectivity index (χ2v) is 7.15. The number of para-hydroxylation sites is 1. The summed E-state index contributed by atoms with van der Waals surface area (Å²) < 4.78 is 0. The number of hydrogen-bond donors (Lipinski definition) is 2. The van der Waals surface area contributed by atoms with Crippen molar-refractivity contribution in [3.05, 3.63) is 36.0 Å². The van der Waals surface area contributed by atoms with Gasteiger partial charge < -0.3 is 20.5 Å². The lowest BCUT2D eigenvalue weighted by molar-refractivity contribution is -0.140. The number of rotatable bonds is 5. The molecule has 2 atom stereocenters. The predicted octanol–water partition coefficient (Wildman–Crippen LogP) is 1.75. The molecule has 0 spiro atoms. The normalized spacial score (nSPS) is 17.3. The molecular weight excluding hydrogens is 328 g/mol. The van der Waals surface area contributed by atoms with Gasteiger partial charge in [0, 0.05) is 43.3 Å². The molecular formula is C20H28N4O2. The van der Waals surface area contributed by atoms with Gasteiger partial charge in [-0.25, -0.2) is 0 Å². The maximum absolute atomic E-state index is 12.7. The fourth-order valence-electron chi connectivity index (χ4n) is 3.44. The van der Waals surface area contributed by atoms with Gasteiger partial charge in [-0.1, -0.05) is 38.5 Å². The van der Waals surface area contributed by atoms with Crippen LogP contribution < -0.4 is 5.73 Å². The highest BCUT2D eigenvalue weighted by molar-refractivity contribution is 5.89. The molecule has 2 amide bonds. The zero-order chi connectivity index (χ0) is 18.7. The average Bonchev–Trinajstić information content (AvgIpc) is 3.09. The van der Waals surface area contributed by atoms with Crippen molar-refractivity contribution < 1.29 is 9.59 Å². The fourth-order valence-corrected chi connectivity index (χ4v) is 3.44. The van der Waals surface area contributed by atoms with E-state index < -0.39 is 6.04 Å². The number of benzene rings is 1. The zero-order valence-corrected chi connectivity index (χ0v) is 15.6. The minimum absolute atomic E-state index is 0.00285. The smallest absolute Gasteiger partial charge is 0.239 e. The first-order valence-corrected chi connectivity index (χ1v) is 9.38. The Morgan fingerprint density at radius 1 is 1.15 bits per heavy atom. The maximum Gasteiger partial charge on any atom is 0.239 e. The highest BCUT2D eigenvalue weighted by Crippen LogP contribution is 2.19. The van der Waals surface area contributed by atoms with Crippen molar-refractivity contribution in [2.45, 2.75) is 32.7 Å². The second kappa shape index (κ2) is 7.91. The number of aromatic nitrogens is 1. The van der Waals surface area contributed by atoms with Crippen molar-refractivity contribution in [2.24, 2.45) is 11.7 Å². The Bertz CT molecular complexity index is 777. The van der Waals surface area contributed by atoms with Gasteiger partial charge in [0.25, 0.3) is 0 Å². The molecule has 2 heterocycles. The molecule has 1 fully saturated rings. The largest absolute Gasteiger partial charge is 0.361 e. The minimum atomic E-state index is -0.450. The molecule has 1 aliphatic heterocycles. The number of aromatic amines is 1. The summed E-state index contributed by atoms with van der Waals surface area (Å²) in [5, 5.41) is 1.09. The number of amides is 2. The van der Waals surface area contributed by atoms with E-state index in [2.05, 4.69) is 4.98 Å². The second-order valence-electron chi connectivity index (χ2n) is 7.15. The molecule has 1 aromatic carbocycles. The molecule has 1 aromatic heterocycles. The standard InChI is InChI=1S/C20H28N4O2/c1-3-14(2)19(21)20(26)24-10-8-23(9-11-24)18(25)12-15-13-22-17-7-5-4-6-16(15)17/h4-7,13-14,19,22H,3,8-12,21H2,1-2H3. The van der Waals surface area contributed by atoms with Gasteiger partial charge in [0.1, 0.15) is 0 Å². The molecule has 2 unspecified atom stereocenters. The van der Waals surface area contributed by atoms with E-state index in [1.165, 1.54) is 0 Å². The highest BCUT2D eigenvalue weighted by Gasteiger charge is 2.29. The Morgan fingerprint density at radius 3 is 2.50 bits per heavy atom. The van der Waals surface area contributed by atoms with Crippen LogP contribution in [0.5, 0.6) is 0 Å². The van der Waals surface area contributed by atoms with Crippen LogP contribution in [-0.2, 0) is 16.0 Å². The van der Waals surface area contributed by atoms with E-state index in [9.17, 15) is 9.59 Å². The van der Waals surface area contributed by atoms with Gasteiger partial charge in [-0.3, -0.25) is 9.59 Å². The van der Waals surface area contributed by atoms with Gasteiger partial charge in [-0.05, 0) is 17.5 Å². The Hall–Kier alpha value is -2.34. The monoisotopic (exact) mass is 356 g/mol. The van der Waals surface area contributed by atoms with E-state index in [4.69, 9.17) is 5.73 Å². The lowest BCUT2D eigenvalue weighted by atomic mass is 9.98. The lowest BCUT2D eigenvalue weighted by Crippen LogP contribution is -2.55. The molecule has 0 bridgehead atoms. The Morgan fingerprint density at radius 2 is 1.81 bits per heavy atom. The number of fused-ring (bicyclic) bond motifs is 1. The summed E-state index contributed by atoms with van der Waals surface area (Å²) >= 11 is 0. The molecule has 1 aliphatic rings. The van der Waals surface area contributed by atoms with Crippen LogP contribution >= 0.6 is 0 Å². The molecule has 6 heteroatoms. The van der Waals surface area contributed by atoms with Crippen LogP contribution in [0.4, 0.5) is 0 Å². The molecule has 3 rings (SSSR count). The predicted molar refractivity (Wildman–Crippen MR) is 103 cm³/mol. The number of piperazine rings is 1. The molecule has 0 saturated carbocycles. The number of nitrogens with zero attached hydrogens (tertiary/aromatic N) is 2. The Labute approximate surface area is 154 Å². The molecule has 3 N–H and O–H groups in total. The van der Waals surface area contributed by atoms with Crippen molar-refractivity contribution in [2.75, 3.05) is 26.2 Å². The molecule has 1 saturated heterocycles. The fraction of sp³-hybridized carbons (Fsp3) is 0.500. The SMILES string of the molecule is CCC(C)C(N)C(=O)N1CCN(C(=O)Cc2c[nH]c3ccccc23)CC1. The van der Waals surface area contributed by atoms with Crippen LogP contribution in [0.15, 0.2) is 30.5 Å². The summed E-state index contributed by atoms with van der Waals surface area (Å²) in [7, 11) is 0. The van der Waals surface area contributed by atoms with Gasteiger partial charge >= 0.3 is 0 Å². The number of hydrogen-bond acceptors (Lipinski definition) is 3. The molecule has 26 heavy (non-hydrogen) atoms. The molecule has 0 aliphatic carbocycles. The summed E-state index contributed by atoms with van der Waals surface area (Å²) in [5.41, 5.74) is 8.13. The summed E-state index contributed by atoms with van der Waals surface area (Å²) in [5.74, 6) is 0.278. The quantitative estimate of drug-likeness (QED) is 0.856. The highest BCUT2D eigenvalue weighted by atomic mass is 16.2. The van der Waals surface area contributed by atoms with Gasteiger partial charge in [0.05, 0.1) is 12.5 Å². The molecule has 140 valence electrons. The third-order valence-corrected chi connectivity index (χ3v) is 5.50. The number of nitrogens with one attached hydrogen (secondary N) is 1. The van der Waals surface area contributed by atoms with Crippen LogP contribution in [-0.4, -0.2) is 58.8 Å². The zero-order valence-electron chi connectivity index (χ0n) is 15.6. The van der Waals surface area contributed by atoms with Crippen LogP contribution in [0, 0.1) is 5.92 Å². The first-order chi connectivity index (χ1) is 12.5. The Balaban J connectivity index is 1.56. The summed E-state index contributed by atoms with van der Waals surface area (Å²) in [6, 6.07) is 7.54. The van der Waals surface area contributed by atoms with Crippen molar-refractivity contribution in [3.63, 3.8) is 0 Å². The van der Waals surface area contributed by atoms with E-state index >= 15 is 0 Å². The van der Waals surface area contributed by atoms with Gasteiger partial charge in [0.2, 0.25) is 11.8 Å². The van der Waals surface area contributed by atoms with Crippen LogP contribution in [0.2, 0.25) is 0 Å². The van der Waals surface area contributed by atoms with E-state index in [0.29, 0.717) is 32.6 Å². The third-order valence-electron chi connectivity index (χ3n) is 5.50. The molecule has 2 aromatic rings. The molecule has 0 radical (unpaired) electrons. The molecule has 6 nitrogen and oxygen atoms in total. The maximum atomic E-state index is 12.7. The van der Waals surface area contributed by atoms with Crippen LogP contribution in [0.25, 0.3) is 10.9 Å². The van der Waals surface area contributed by atoms with Gasteiger partial charge in [-0.2, -0.15) is 0 Å². The van der Waals surface area contributed by atoms with E-state index in [1.54, 1.807) is 4.90 Å². The van der Waals surface area contributed by atoms with Gasteiger partial charge in [-0.15, -0.1) is 0 Å².